The highest BCUT2D eigenvalue weighted by Gasteiger charge is 2.18. The number of amides is 1. The first-order valence-corrected chi connectivity index (χ1v) is 7.46. The molecule has 0 fully saturated rings. The lowest BCUT2D eigenvalue weighted by Gasteiger charge is -2.11. The van der Waals surface area contributed by atoms with Crippen molar-refractivity contribution in [3.05, 3.63) is 40.3 Å². The van der Waals surface area contributed by atoms with Crippen LogP contribution >= 0.6 is 11.8 Å². The van der Waals surface area contributed by atoms with Crippen molar-refractivity contribution in [1.29, 1.82) is 0 Å². The van der Waals surface area contributed by atoms with Gasteiger partial charge in [0, 0.05) is 18.3 Å². The number of rotatable bonds is 5. The minimum atomic E-state index is -0.449. The Morgan fingerprint density at radius 3 is 2.73 bits per heavy atom. The predicted octanol–water partition coefficient (Wildman–Crippen LogP) is 1.43. The summed E-state index contributed by atoms with van der Waals surface area (Å²) in [5.41, 5.74) is 0.762. The molecule has 2 N–H and O–H groups in total. The Balaban J connectivity index is 2.05. The van der Waals surface area contributed by atoms with Gasteiger partial charge in [-0.15, -0.1) is 5.10 Å². The fourth-order valence-electron chi connectivity index (χ4n) is 1.71. The number of nitrogens with zero attached hydrogens (tertiary/aromatic N) is 2. The molecule has 0 radical (unpaired) electrons. The number of anilines is 1. The number of nitrogens with one attached hydrogen (secondary N) is 2. The molecule has 7 nitrogen and oxygen atoms in total. The zero-order chi connectivity index (χ0) is 16.3. The SMILES string of the molecule is CC(=O)c1cccc(NC(=O)[C@H](C)Sc2n[nH]c(=O)n2C)c1. The largest absolute Gasteiger partial charge is 0.343 e. The Morgan fingerprint density at radius 2 is 2.14 bits per heavy atom. The van der Waals surface area contributed by atoms with Crippen LogP contribution in [0.25, 0.3) is 0 Å². The maximum Gasteiger partial charge on any atom is 0.343 e. The van der Waals surface area contributed by atoms with Crippen LogP contribution in [0, 0.1) is 0 Å². The molecule has 0 aliphatic rings. The van der Waals surface area contributed by atoms with Crippen LogP contribution in [0.4, 0.5) is 5.69 Å². The summed E-state index contributed by atoms with van der Waals surface area (Å²) in [6, 6.07) is 6.74. The van der Waals surface area contributed by atoms with Crippen LogP contribution in [0.2, 0.25) is 0 Å². The molecule has 1 aromatic heterocycles. The number of thioether (sulfide) groups is 1. The number of Topliss-reactive ketones (excluding diaryl/α,β-unsaturated/α-hetero) is 1. The second-order valence-electron chi connectivity index (χ2n) is 4.76. The quantitative estimate of drug-likeness (QED) is 0.641. The van der Waals surface area contributed by atoms with Gasteiger partial charge in [0.25, 0.3) is 0 Å². The molecule has 0 aliphatic carbocycles. The van der Waals surface area contributed by atoms with Gasteiger partial charge in [-0.1, -0.05) is 23.9 Å². The van der Waals surface area contributed by atoms with Crippen LogP contribution in [0.3, 0.4) is 0 Å². The normalized spacial score (nSPS) is 12.0. The van der Waals surface area contributed by atoms with Gasteiger partial charge in [-0.25, -0.2) is 9.89 Å². The maximum absolute atomic E-state index is 12.2. The van der Waals surface area contributed by atoms with Crippen LogP contribution < -0.4 is 11.0 Å². The van der Waals surface area contributed by atoms with Crippen molar-refractivity contribution in [3.63, 3.8) is 0 Å². The molecular formula is C14H16N4O3S. The van der Waals surface area contributed by atoms with E-state index in [0.29, 0.717) is 16.4 Å². The maximum atomic E-state index is 12.2. The number of aromatic nitrogens is 3. The molecule has 0 unspecified atom stereocenters. The first-order chi connectivity index (χ1) is 10.4. The second kappa shape index (κ2) is 6.61. The summed E-state index contributed by atoms with van der Waals surface area (Å²) in [6.07, 6.45) is 0. The van der Waals surface area contributed by atoms with Crippen molar-refractivity contribution in [2.24, 2.45) is 7.05 Å². The van der Waals surface area contributed by atoms with E-state index < -0.39 is 5.25 Å². The first-order valence-electron chi connectivity index (χ1n) is 6.58. The summed E-state index contributed by atoms with van der Waals surface area (Å²) >= 11 is 1.17. The minimum Gasteiger partial charge on any atom is -0.325 e. The Labute approximate surface area is 131 Å². The highest BCUT2D eigenvalue weighted by atomic mass is 32.2. The van der Waals surface area contributed by atoms with E-state index in [4.69, 9.17) is 0 Å². The van der Waals surface area contributed by atoms with E-state index in [1.54, 1.807) is 38.2 Å². The topological polar surface area (TPSA) is 96.8 Å². The van der Waals surface area contributed by atoms with Gasteiger partial charge in [0.15, 0.2) is 10.9 Å². The molecule has 1 heterocycles. The van der Waals surface area contributed by atoms with Crippen LogP contribution in [0.5, 0.6) is 0 Å². The lowest BCUT2D eigenvalue weighted by molar-refractivity contribution is -0.115. The summed E-state index contributed by atoms with van der Waals surface area (Å²) in [4.78, 5) is 34.8. The Bertz CT molecular complexity index is 765. The molecule has 0 saturated heterocycles. The molecule has 8 heteroatoms. The highest BCUT2D eigenvalue weighted by Crippen LogP contribution is 2.21. The number of aromatic amines is 1. The van der Waals surface area contributed by atoms with Gasteiger partial charge < -0.3 is 5.32 Å². The fraction of sp³-hybridized carbons (Fsp3) is 0.286. The highest BCUT2D eigenvalue weighted by molar-refractivity contribution is 8.00. The number of ketones is 1. The zero-order valence-corrected chi connectivity index (χ0v) is 13.2. The number of carbonyl (C=O) groups is 2. The van der Waals surface area contributed by atoms with Crippen molar-refractivity contribution >= 4 is 29.1 Å². The Hall–Kier alpha value is -2.35. The van der Waals surface area contributed by atoms with Gasteiger partial charge in [-0.2, -0.15) is 0 Å². The second-order valence-corrected chi connectivity index (χ2v) is 6.06. The van der Waals surface area contributed by atoms with Gasteiger partial charge in [-0.05, 0) is 26.0 Å². The lowest BCUT2D eigenvalue weighted by Crippen LogP contribution is -2.23. The van der Waals surface area contributed by atoms with Crippen molar-refractivity contribution in [1.82, 2.24) is 14.8 Å². The molecule has 0 saturated carbocycles. The van der Waals surface area contributed by atoms with E-state index in [1.807, 2.05) is 0 Å². The third-order valence-corrected chi connectivity index (χ3v) is 4.17. The van der Waals surface area contributed by atoms with Gasteiger partial charge >= 0.3 is 5.69 Å². The van der Waals surface area contributed by atoms with Crippen LogP contribution in [-0.2, 0) is 11.8 Å². The van der Waals surface area contributed by atoms with E-state index in [9.17, 15) is 14.4 Å². The number of carbonyl (C=O) groups excluding carboxylic acids is 2. The Kier molecular flexibility index (Phi) is 4.81. The molecule has 2 rings (SSSR count). The predicted molar refractivity (Wildman–Crippen MR) is 84.2 cm³/mol. The van der Waals surface area contributed by atoms with Crippen molar-refractivity contribution in [2.75, 3.05) is 5.32 Å². The molecule has 0 bridgehead atoms. The van der Waals surface area contributed by atoms with Crippen LogP contribution in [0.15, 0.2) is 34.2 Å². The van der Waals surface area contributed by atoms with Gasteiger partial charge in [0.05, 0.1) is 5.25 Å². The third kappa shape index (κ3) is 3.64. The molecular weight excluding hydrogens is 304 g/mol. The lowest BCUT2D eigenvalue weighted by atomic mass is 10.1. The average Bonchev–Trinajstić information content (AvgIpc) is 2.79. The average molecular weight is 320 g/mol. The fourth-order valence-corrected chi connectivity index (χ4v) is 2.53. The summed E-state index contributed by atoms with van der Waals surface area (Å²) < 4.78 is 1.34. The number of benzene rings is 1. The molecule has 116 valence electrons. The molecule has 1 amide bonds. The van der Waals surface area contributed by atoms with Gasteiger partial charge in [-0.3, -0.25) is 14.2 Å². The van der Waals surface area contributed by atoms with E-state index in [0.717, 1.165) is 0 Å². The van der Waals surface area contributed by atoms with Gasteiger partial charge in [0.2, 0.25) is 5.91 Å². The zero-order valence-electron chi connectivity index (χ0n) is 12.4. The van der Waals surface area contributed by atoms with Crippen molar-refractivity contribution in [2.45, 2.75) is 24.3 Å². The van der Waals surface area contributed by atoms with Gasteiger partial charge in [0.1, 0.15) is 0 Å². The smallest absolute Gasteiger partial charge is 0.325 e. The summed E-state index contributed by atoms with van der Waals surface area (Å²) in [5, 5.41) is 8.90. The van der Waals surface area contributed by atoms with Crippen LogP contribution in [0.1, 0.15) is 24.2 Å². The van der Waals surface area contributed by atoms with Crippen LogP contribution in [-0.4, -0.2) is 31.7 Å². The first kappa shape index (κ1) is 16.0. The summed E-state index contributed by atoms with van der Waals surface area (Å²) in [5.74, 6) is -0.300. The molecule has 0 spiro atoms. The molecule has 1 aromatic carbocycles. The number of hydrogen-bond acceptors (Lipinski definition) is 5. The molecule has 1 atom stereocenters. The van der Waals surface area contributed by atoms with E-state index >= 15 is 0 Å². The summed E-state index contributed by atoms with van der Waals surface area (Å²) in [7, 11) is 1.58. The van der Waals surface area contributed by atoms with E-state index in [1.165, 1.54) is 23.3 Å². The van der Waals surface area contributed by atoms with Crippen molar-refractivity contribution in [3.8, 4) is 0 Å². The standard InChI is InChI=1S/C14H16N4O3S/c1-8(19)10-5-4-6-11(7-10)15-12(20)9(2)22-14-17-16-13(21)18(14)3/h4-7,9H,1-3H3,(H,15,20)(H,16,21)/t9-/m0/s1. The third-order valence-electron chi connectivity index (χ3n) is 3.03. The number of hydrogen-bond donors (Lipinski definition) is 2. The number of H-pyrrole nitrogens is 1. The molecule has 0 aliphatic heterocycles. The van der Waals surface area contributed by atoms with E-state index in [2.05, 4.69) is 15.5 Å². The van der Waals surface area contributed by atoms with E-state index in [-0.39, 0.29) is 17.4 Å². The van der Waals surface area contributed by atoms with Crippen molar-refractivity contribution < 1.29 is 9.59 Å². The molecule has 22 heavy (non-hydrogen) atoms. The monoisotopic (exact) mass is 320 g/mol. The Morgan fingerprint density at radius 1 is 1.41 bits per heavy atom. The minimum absolute atomic E-state index is 0.0648. The summed E-state index contributed by atoms with van der Waals surface area (Å²) in [6.45, 7) is 3.19. The molecule has 2 aromatic rings.